The molecule has 168 valence electrons. The lowest BCUT2D eigenvalue weighted by molar-refractivity contribution is 0.161. The van der Waals surface area contributed by atoms with Gasteiger partial charge in [-0.3, -0.25) is 4.98 Å². The standard InChI is InChI=1S/C23H33FN6O/c1-15(14-31-2)28-17-5-7-18(8-6-17)29-23-27-13-20(24)22(30-23)21-11-19(9-10-25-21)26-12-16-3-4-16/h9-11,13,15-18,28H,3-8,12,14H2,1-2H3,(H,25,26)(H,27,29,30)/t15-,17?,18?/m0/s1. The summed E-state index contributed by atoms with van der Waals surface area (Å²) in [4.78, 5) is 13.0. The van der Waals surface area contributed by atoms with Crippen molar-refractivity contribution in [3.63, 3.8) is 0 Å². The van der Waals surface area contributed by atoms with Crippen LogP contribution in [0.5, 0.6) is 0 Å². The van der Waals surface area contributed by atoms with Gasteiger partial charge in [-0.05, 0) is 63.5 Å². The smallest absolute Gasteiger partial charge is 0.223 e. The number of hydrogen-bond donors (Lipinski definition) is 3. The number of hydrogen-bond acceptors (Lipinski definition) is 7. The first-order chi connectivity index (χ1) is 15.1. The molecule has 0 aliphatic heterocycles. The van der Waals surface area contributed by atoms with E-state index in [-0.39, 0.29) is 11.7 Å². The van der Waals surface area contributed by atoms with Crippen LogP contribution in [0.4, 0.5) is 16.0 Å². The van der Waals surface area contributed by atoms with Gasteiger partial charge in [-0.25, -0.2) is 14.4 Å². The number of rotatable bonds is 10. The van der Waals surface area contributed by atoms with Crippen LogP contribution in [-0.4, -0.2) is 53.3 Å². The minimum atomic E-state index is -0.461. The zero-order chi connectivity index (χ0) is 21.6. The lowest BCUT2D eigenvalue weighted by atomic mass is 9.91. The minimum Gasteiger partial charge on any atom is -0.385 e. The Morgan fingerprint density at radius 2 is 1.90 bits per heavy atom. The molecule has 2 aromatic rings. The van der Waals surface area contributed by atoms with E-state index in [0.717, 1.165) is 50.4 Å². The van der Waals surface area contributed by atoms with E-state index in [1.165, 1.54) is 19.0 Å². The van der Waals surface area contributed by atoms with Gasteiger partial charge < -0.3 is 20.7 Å². The lowest BCUT2D eigenvalue weighted by Crippen LogP contribution is -2.43. The first-order valence-corrected chi connectivity index (χ1v) is 11.3. The molecule has 0 radical (unpaired) electrons. The number of methoxy groups -OCH3 is 1. The molecule has 2 aliphatic carbocycles. The molecule has 4 rings (SSSR count). The molecule has 0 amide bonds. The van der Waals surface area contributed by atoms with Gasteiger partial charge in [0.15, 0.2) is 5.82 Å². The van der Waals surface area contributed by atoms with E-state index >= 15 is 0 Å². The SMILES string of the molecule is COC[C@H](C)NC1CCC(Nc2ncc(F)c(-c3cc(NCC4CC4)ccn3)n2)CC1. The molecule has 2 aliphatic rings. The molecule has 0 bridgehead atoms. The largest absolute Gasteiger partial charge is 0.385 e. The summed E-state index contributed by atoms with van der Waals surface area (Å²) in [6.45, 7) is 3.81. The topological polar surface area (TPSA) is 84.0 Å². The predicted molar refractivity (Wildman–Crippen MR) is 121 cm³/mol. The molecular formula is C23H33FN6O. The van der Waals surface area contributed by atoms with Gasteiger partial charge in [0, 0.05) is 43.7 Å². The van der Waals surface area contributed by atoms with Gasteiger partial charge >= 0.3 is 0 Å². The Kier molecular flexibility index (Phi) is 7.29. The van der Waals surface area contributed by atoms with E-state index < -0.39 is 5.82 Å². The van der Waals surface area contributed by atoms with E-state index in [2.05, 4.69) is 37.8 Å². The van der Waals surface area contributed by atoms with Crippen molar-refractivity contribution in [2.45, 2.75) is 63.6 Å². The van der Waals surface area contributed by atoms with Gasteiger partial charge in [0.2, 0.25) is 5.95 Å². The number of ether oxygens (including phenoxy) is 1. The van der Waals surface area contributed by atoms with Gasteiger partial charge in [-0.15, -0.1) is 0 Å². The fourth-order valence-electron chi connectivity index (χ4n) is 4.16. The first-order valence-electron chi connectivity index (χ1n) is 11.3. The number of nitrogens with one attached hydrogen (secondary N) is 3. The summed E-state index contributed by atoms with van der Waals surface area (Å²) in [6, 6.07) is 4.90. The quantitative estimate of drug-likeness (QED) is 0.530. The highest BCUT2D eigenvalue weighted by Crippen LogP contribution is 2.29. The molecule has 0 spiro atoms. The summed E-state index contributed by atoms with van der Waals surface area (Å²) < 4.78 is 19.7. The van der Waals surface area contributed by atoms with Crippen molar-refractivity contribution in [2.24, 2.45) is 5.92 Å². The second-order valence-electron chi connectivity index (χ2n) is 8.86. The van der Waals surface area contributed by atoms with E-state index in [0.29, 0.717) is 23.7 Å². The van der Waals surface area contributed by atoms with Gasteiger partial charge in [0.1, 0.15) is 5.69 Å². The van der Waals surface area contributed by atoms with Crippen LogP contribution in [0.15, 0.2) is 24.5 Å². The van der Waals surface area contributed by atoms with Gasteiger partial charge in [-0.1, -0.05) is 0 Å². The lowest BCUT2D eigenvalue weighted by Gasteiger charge is -2.31. The van der Waals surface area contributed by atoms with E-state index in [4.69, 9.17) is 4.74 Å². The maximum atomic E-state index is 14.5. The van der Waals surface area contributed by atoms with Crippen molar-refractivity contribution in [3.8, 4) is 11.4 Å². The predicted octanol–water partition coefficient (Wildman–Crippen LogP) is 3.85. The van der Waals surface area contributed by atoms with Crippen molar-refractivity contribution in [1.29, 1.82) is 0 Å². The van der Waals surface area contributed by atoms with Crippen LogP contribution in [0, 0.1) is 11.7 Å². The molecule has 2 aromatic heterocycles. The molecule has 2 heterocycles. The Labute approximate surface area is 183 Å². The zero-order valence-electron chi connectivity index (χ0n) is 18.4. The molecule has 8 heteroatoms. The Hall–Kier alpha value is -2.32. The van der Waals surface area contributed by atoms with E-state index in [1.54, 1.807) is 13.3 Å². The maximum Gasteiger partial charge on any atom is 0.223 e. The van der Waals surface area contributed by atoms with Gasteiger partial charge in [0.05, 0.1) is 18.5 Å². The number of anilines is 2. The molecule has 2 saturated carbocycles. The fourth-order valence-corrected chi connectivity index (χ4v) is 4.16. The third-order valence-electron chi connectivity index (χ3n) is 6.04. The van der Waals surface area contributed by atoms with Crippen molar-refractivity contribution in [1.82, 2.24) is 20.3 Å². The minimum absolute atomic E-state index is 0.233. The molecule has 0 aromatic carbocycles. The Morgan fingerprint density at radius 3 is 2.65 bits per heavy atom. The molecule has 31 heavy (non-hydrogen) atoms. The van der Waals surface area contributed by atoms with Gasteiger partial charge in [0.25, 0.3) is 0 Å². The van der Waals surface area contributed by atoms with E-state index in [1.807, 2.05) is 12.1 Å². The Balaban J connectivity index is 1.35. The molecular weight excluding hydrogens is 395 g/mol. The third kappa shape index (κ3) is 6.33. The van der Waals surface area contributed by atoms with Crippen molar-refractivity contribution < 1.29 is 9.13 Å². The highest BCUT2D eigenvalue weighted by atomic mass is 19.1. The van der Waals surface area contributed by atoms with Crippen molar-refractivity contribution in [3.05, 3.63) is 30.3 Å². The van der Waals surface area contributed by atoms with Crippen LogP contribution in [0.2, 0.25) is 0 Å². The Morgan fingerprint density at radius 1 is 1.13 bits per heavy atom. The molecule has 3 N–H and O–H groups in total. The summed E-state index contributed by atoms with van der Waals surface area (Å²) in [7, 11) is 1.73. The van der Waals surface area contributed by atoms with Crippen molar-refractivity contribution >= 4 is 11.6 Å². The first kappa shape index (κ1) is 21.9. The second kappa shape index (κ2) is 10.3. The molecule has 7 nitrogen and oxygen atoms in total. The van der Waals surface area contributed by atoms with E-state index in [9.17, 15) is 4.39 Å². The normalized spacial score (nSPS) is 22.2. The summed E-state index contributed by atoms with van der Waals surface area (Å²) in [5.41, 5.74) is 1.69. The molecule has 0 saturated heterocycles. The number of halogens is 1. The number of aromatic nitrogens is 3. The number of nitrogens with zero attached hydrogens (tertiary/aromatic N) is 3. The van der Waals surface area contributed by atoms with Gasteiger partial charge in [-0.2, -0.15) is 0 Å². The molecule has 1 atom stereocenters. The molecule has 0 unspecified atom stereocenters. The van der Waals surface area contributed by atoms with Crippen LogP contribution in [0.3, 0.4) is 0 Å². The molecule has 2 fully saturated rings. The van der Waals surface area contributed by atoms with Crippen LogP contribution in [0.1, 0.15) is 45.4 Å². The number of pyridine rings is 1. The Bertz CT molecular complexity index is 854. The van der Waals surface area contributed by atoms with Crippen LogP contribution >= 0.6 is 0 Å². The average Bonchev–Trinajstić information content (AvgIpc) is 3.60. The second-order valence-corrected chi connectivity index (χ2v) is 8.86. The third-order valence-corrected chi connectivity index (χ3v) is 6.04. The van der Waals surface area contributed by atoms with Crippen LogP contribution < -0.4 is 16.0 Å². The van der Waals surface area contributed by atoms with Crippen LogP contribution in [-0.2, 0) is 4.74 Å². The fraction of sp³-hybridized carbons (Fsp3) is 0.609. The summed E-state index contributed by atoms with van der Waals surface area (Å²) >= 11 is 0. The van der Waals surface area contributed by atoms with Crippen molar-refractivity contribution in [2.75, 3.05) is 30.9 Å². The average molecular weight is 429 g/mol. The highest BCUT2D eigenvalue weighted by Gasteiger charge is 2.23. The highest BCUT2D eigenvalue weighted by molar-refractivity contribution is 5.62. The summed E-state index contributed by atoms with van der Waals surface area (Å²) in [5.74, 6) is 0.757. The maximum absolute atomic E-state index is 14.5. The summed E-state index contributed by atoms with van der Waals surface area (Å²) in [5, 5.41) is 10.4. The monoisotopic (exact) mass is 428 g/mol. The van der Waals surface area contributed by atoms with Crippen LogP contribution in [0.25, 0.3) is 11.4 Å². The summed E-state index contributed by atoms with van der Waals surface area (Å²) in [6.07, 6.45) is 9.69. The zero-order valence-corrected chi connectivity index (χ0v) is 18.4.